The summed E-state index contributed by atoms with van der Waals surface area (Å²) in [4.78, 5) is 10.4. The largest absolute Gasteiger partial charge is 0.475 e. The molecule has 2 N–H and O–H groups in total. The smallest absolute Gasteiger partial charge is 0.280 e. The first kappa shape index (κ1) is 25.0. The van der Waals surface area contributed by atoms with Gasteiger partial charge in [-0.05, 0) is 63.8 Å². The van der Waals surface area contributed by atoms with Crippen LogP contribution < -0.4 is 10.1 Å². The molecule has 0 spiro atoms. The van der Waals surface area contributed by atoms with Crippen molar-refractivity contribution in [1.29, 1.82) is 0 Å². The van der Waals surface area contributed by atoms with Crippen molar-refractivity contribution in [2.75, 3.05) is 20.3 Å². The maximum Gasteiger partial charge on any atom is 0.280 e. The highest BCUT2D eigenvalue weighted by Gasteiger charge is 2.38. The molecule has 0 saturated carbocycles. The van der Waals surface area contributed by atoms with Crippen LogP contribution in [0.1, 0.15) is 38.4 Å². The number of nitrogens with one attached hydrogen (secondary N) is 1. The number of fused-ring (bicyclic) bond motifs is 1. The van der Waals surface area contributed by atoms with Gasteiger partial charge in [-0.25, -0.2) is 23.8 Å². The van der Waals surface area contributed by atoms with Gasteiger partial charge in [-0.15, -0.1) is 0 Å². The topological polar surface area (TPSA) is 85.6 Å². The van der Waals surface area contributed by atoms with Crippen LogP contribution in [0.15, 0.2) is 34.0 Å². The van der Waals surface area contributed by atoms with Crippen molar-refractivity contribution in [3.8, 4) is 5.88 Å². The van der Waals surface area contributed by atoms with E-state index in [2.05, 4.69) is 27.3 Å². The van der Waals surface area contributed by atoms with Gasteiger partial charge in [-0.1, -0.05) is 6.92 Å². The number of alkyl halides is 2. The standard InChI is InChI=1S/C23H34F2N6O2/c1-14(2)33-21-10-17(8-16(4)28-21)9-18(15(3)6-7-26-13-32)20-11-19(22(24)25)29-23-30(5)12-27-31(20)23/h8,10-12,14-15,18,22-23,26,32H,6-7,9,13H2,1-5H3. The van der Waals surface area contributed by atoms with Crippen LogP contribution in [0.25, 0.3) is 0 Å². The molecule has 0 bridgehead atoms. The minimum atomic E-state index is -2.67. The molecule has 3 atom stereocenters. The number of hydrogen-bond acceptors (Lipinski definition) is 8. The van der Waals surface area contributed by atoms with E-state index >= 15 is 0 Å². The number of nitrogens with zero attached hydrogens (tertiary/aromatic N) is 5. The number of ether oxygens (including phenoxy) is 1. The van der Waals surface area contributed by atoms with E-state index in [1.165, 1.54) is 6.08 Å². The van der Waals surface area contributed by atoms with Gasteiger partial charge < -0.3 is 14.7 Å². The summed E-state index contributed by atoms with van der Waals surface area (Å²) in [6.07, 6.45) is 1.15. The second-order valence-corrected chi connectivity index (χ2v) is 8.87. The molecule has 33 heavy (non-hydrogen) atoms. The van der Waals surface area contributed by atoms with Gasteiger partial charge >= 0.3 is 0 Å². The summed E-state index contributed by atoms with van der Waals surface area (Å²) in [6, 6.07) is 3.92. The molecule has 0 fully saturated rings. The zero-order valence-corrected chi connectivity index (χ0v) is 19.9. The van der Waals surface area contributed by atoms with E-state index in [1.807, 2.05) is 32.9 Å². The molecule has 182 valence electrons. The van der Waals surface area contributed by atoms with E-state index in [4.69, 9.17) is 9.84 Å². The number of aryl methyl sites for hydroxylation is 1. The molecule has 3 heterocycles. The first-order valence-corrected chi connectivity index (χ1v) is 11.3. The average Bonchev–Trinajstić information content (AvgIpc) is 3.11. The molecule has 0 aliphatic carbocycles. The molecule has 0 radical (unpaired) electrons. The van der Waals surface area contributed by atoms with Gasteiger partial charge in [0, 0.05) is 30.4 Å². The molecule has 2 aliphatic rings. The monoisotopic (exact) mass is 464 g/mol. The SMILES string of the molecule is Cc1cc(CC(C2=CC(C(F)F)=NC3N(C)C=NN23)C(C)CCNCO)cc(OC(C)C)n1. The molecule has 10 heteroatoms. The average molecular weight is 465 g/mol. The second-order valence-electron chi connectivity index (χ2n) is 8.87. The van der Waals surface area contributed by atoms with Gasteiger partial charge in [0.15, 0.2) is 0 Å². The minimum absolute atomic E-state index is 0.00692. The Morgan fingerprint density at radius 1 is 1.24 bits per heavy atom. The lowest BCUT2D eigenvalue weighted by atomic mass is 9.82. The summed E-state index contributed by atoms with van der Waals surface area (Å²) in [5.74, 6) is 0.546. The summed E-state index contributed by atoms with van der Waals surface area (Å²) < 4.78 is 33.3. The quantitative estimate of drug-likeness (QED) is 0.387. The highest BCUT2D eigenvalue weighted by Crippen LogP contribution is 2.36. The highest BCUT2D eigenvalue weighted by molar-refractivity contribution is 5.99. The Bertz CT molecular complexity index is 905. The third-order valence-electron chi connectivity index (χ3n) is 5.75. The Balaban J connectivity index is 1.97. The lowest BCUT2D eigenvalue weighted by Gasteiger charge is -2.37. The number of hydrazone groups is 1. The summed E-state index contributed by atoms with van der Waals surface area (Å²) in [6.45, 7) is 8.41. The van der Waals surface area contributed by atoms with E-state index < -0.39 is 12.7 Å². The molecule has 0 amide bonds. The maximum atomic E-state index is 13.7. The molecular weight excluding hydrogens is 430 g/mol. The number of hydrogen-bond donors (Lipinski definition) is 2. The molecular formula is C23H34F2N6O2. The van der Waals surface area contributed by atoms with E-state index in [0.717, 1.165) is 17.7 Å². The summed E-state index contributed by atoms with van der Waals surface area (Å²) in [5, 5.41) is 18.2. The van der Waals surface area contributed by atoms with Crippen LogP contribution in [0.3, 0.4) is 0 Å². The molecule has 3 rings (SSSR count). The lowest BCUT2D eigenvalue weighted by molar-refractivity contribution is 0.153. The first-order valence-electron chi connectivity index (χ1n) is 11.3. The summed E-state index contributed by atoms with van der Waals surface area (Å²) in [5.41, 5.74) is 2.33. The number of pyridine rings is 1. The maximum absolute atomic E-state index is 13.7. The Hall–Kier alpha value is -2.59. The Kier molecular flexibility index (Phi) is 8.36. The van der Waals surface area contributed by atoms with Crippen LogP contribution >= 0.6 is 0 Å². The molecule has 8 nitrogen and oxygen atoms in total. The number of aliphatic imine (C=N–C) groups is 1. The fraction of sp³-hybridized carbons (Fsp3) is 0.609. The van der Waals surface area contributed by atoms with Crippen molar-refractivity contribution in [2.45, 2.75) is 59.4 Å². The van der Waals surface area contributed by atoms with Gasteiger partial charge in [-0.2, -0.15) is 5.10 Å². The van der Waals surface area contributed by atoms with E-state index in [0.29, 0.717) is 24.5 Å². The van der Waals surface area contributed by atoms with Gasteiger partial charge in [0.25, 0.3) is 6.43 Å². The number of aliphatic hydroxyl groups is 1. The third-order valence-corrected chi connectivity index (χ3v) is 5.75. The van der Waals surface area contributed by atoms with Gasteiger partial charge in [0.1, 0.15) is 12.1 Å². The molecule has 2 aliphatic heterocycles. The van der Waals surface area contributed by atoms with Crippen molar-refractivity contribution < 1.29 is 18.6 Å². The van der Waals surface area contributed by atoms with Gasteiger partial charge in [-0.3, -0.25) is 5.32 Å². The first-order chi connectivity index (χ1) is 15.7. The van der Waals surface area contributed by atoms with Crippen LogP contribution in [0.2, 0.25) is 0 Å². The predicted molar refractivity (Wildman–Crippen MR) is 124 cm³/mol. The Morgan fingerprint density at radius 2 is 2.00 bits per heavy atom. The van der Waals surface area contributed by atoms with Crippen molar-refractivity contribution in [2.24, 2.45) is 21.9 Å². The summed E-state index contributed by atoms with van der Waals surface area (Å²) >= 11 is 0. The normalized spacial score (nSPS) is 19.6. The Labute approximate surface area is 194 Å². The molecule has 0 aromatic carbocycles. The van der Waals surface area contributed by atoms with Crippen LogP contribution in [0.4, 0.5) is 8.78 Å². The van der Waals surface area contributed by atoms with Crippen molar-refractivity contribution >= 4 is 12.1 Å². The number of aromatic nitrogens is 1. The third kappa shape index (κ3) is 6.26. The summed E-state index contributed by atoms with van der Waals surface area (Å²) in [7, 11) is 1.77. The minimum Gasteiger partial charge on any atom is -0.475 e. The van der Waals surface area contributed by atoms with Crippen molar-refractivity contribution in [3.63, 3.8) is 0 Å². The zero-order valence-electron chi connectivity index (χ0n) is 19.9. The van der Waals surface area contributed by atoms with Gasteiger partial charge in [0.05, 0.1) is 12.8 Å². The molecule has 1 aromatic rings. The molecule has 3 unspecified atom stereocenters. The van der Waals surface area contributed by atoms with Crippen molar-refractivity contribution in [3.05, 3.63) is 35.2 Å². The van der Waals surface area contributed by atoms with Crippen LogP contribution in [0.5, 0.6) is 5.88 Å². The van der Waals surface area contributed by atoms with Crippen LogP contribution in [-0.4, -0.2) is 71.2 Å². The van der Waals surface area contributed by atoms with Gasteiger partial charge in [0.2, 0.25) is 12.2 Å². The number of aliphatic hydroxyl groups excluding tert-OH is 1. The van der Waals surface area contributed by atoms with E-state index in [1.54, 1.807) is 23.3 Å². The molecule has 1 aromatic heterocycles. The fourth-order valence-corrected chi connectivity index (χ4v) is 4.15. The highest BCUT2D eigenvalue weighted by atomic mass is 19.3. The number of halogens is 2. The van der Waals surface area contributed by atoms with Crippen molar-refractivity contribution in [1.82, 2.24) is 20.2 Å². The van der Waals surface area contributed by atoms with E-state index in [9.17, 15) is 8.78 Å². The number of allylic oxidation sites excluding steroid dienone is 2. The predicted octanol–water partition coefficient (Wildman–Crippen LogP) is 2.98. The lowest BCUT2D eigenvalue weighted by Crippen LogP contribution is -2.42. The van der Waals surface area contributed by atoms with Crippen LogP contribution in [-0.2, 0) is 6.42 Å². The fourth-order valence-electron chi connectivity index (χ4n) is 4.15. The van der Waals surface area contributed by atoms with Crippen LogP contribution in [0, 0.1) is 18.8 Å². The zero-order chi connectivity index (χ0) is 24.1. The molecule has 0 saturated heterocycles. The Morgan fingerprint density at radius 3 is 2.67 bits per heavy atom. The van der Waals surface area contributed by atoms with E-state index in [-0.39, 0.29) is 30.4 Å². The second kappa shape index (κ2) is 11.0. The number of rotatable bonds is 11.